The number of nitrogens with one attached hydrogen (secondary N) is 1. The van der Waals surface area contributed by atoms with Gasteiger partial charge >= 0.3 is 6.03 Å². The number of hydrogen-bond donors (Lipinski definition) is 1. The maximum absolute atomic E-state index is 12.6. The van der Waals surface area contributed by atoms with Crippen LogP contribution < -0.4 is 5.32 Å². The average Bonchev–Trinajstić information content (AvgIpc) is 2.78. The molecule has 2 aliphatic rings. The van der Waals surface area contributed by atoms with Gasteiger partial charge in [0.05, 0.1) is 0 Å². The van der Waals surface area contributed by atoms with Crippen LogP contribution in [0.2, 0.25) is 0 Å². The van der Waals surface area contributed by atoms with Gasteiger partial charge in [-0.15, -0.1) is 0 Å². The minimum Gasteiger partial charge on any atom is -0.341 e. The largest absolute Gasteiger partial charge is 0.341 e. The summed E-state index contributed by atoms with van der Waals surface area (Å²) in [5.41, 5.74) is 0.222. The second-order valence-electron chi connectivity index (χ2n) is 7.36. The number of urea groups is 1. The number of piperidine rings is 1. The van der Waals surface area contributed by atoms with Crippen molar-refractivity contribution in [2.75, 3.05) is 19.6 Å². The molecule has 1 atom stereocenters. The average molecular weight is 344 g/mol. The highest BCUT2D eigenvalue weighted by Gasteiger charge is 2.45. The molecule has 4 amide bonds. The van der Waals surface area contributed by atoms with E-state index in [0.717, 1.165) is 29.7 Å². The predicted octanol–water partition coefficient (Wildman–Crippen LogP) is 1.19. The maximum Gasteiger partial charge on any atom is 0.325 e. The molecule has 0 aliphatic carbocycles. The number of amides is 4. The van der Waals surface area contributed by atoms with E-state index in [4.69, 9.17) is 0 Å². The number of imide groups is 1. The maximum atomic E-state index is 12.6. The van der Waals surface area contributed by atoms with Gasteiger partial charge in [-0.05, 0) is 50.7 Å². The van der Waals surface area contributed by atoms with Gasteiger partial charge in [-0.25, -0.2) is 4.79 Å². The van der Waals surface area contributed by atoms with E-state index in [-0.39, 0.29) is 18.4 Å². The molecule has 7 heteroatoms. The van der Waals surface area contributed by atoms with Crippen LogP contribution in [0, 0.1) is 5.92 Å². The van der Waals surface area contributed by atoms with Crippen LogP contribution in [0.4, 0.5) is 4.79 Å². The molecule has 2 aliphatic heterocycles. The van der Waals surface area contributed by atoms with E-state index in [1.807, 2.05) is 18.3 Å². The Bertz CT molecular complexity index is 674. The Balaban J connectivity index is 1.59. The Hall–Kier alpha value is -2.44. The summed E-state index contributed by atoms with van der Waals surface area (Å²) in [4.78, 5) is 43.7. The van der Waals surface area contributed by atoms with Gasteiger partial charge in [0, 0.05) is 25.5 Å². The van der Waals surface area contributed by atoms with Crippen LogP contribution in [0.15, 0.2) is 24.5 Å². The lowest BCUT2D eigenvalue weighted by atomic mass is 9.92. The van der Waals surface area contributed by atoms with Gasteiger partial charge in [0.25, 0.3) is 5.91 Å². The second-order valence-corrected chi connectivity index (χ2v) is 7.36. The van der Waals surface area contributed by atoms with Crippen LogP contribution in [0.5, 0.6) is 0 Å². The zero-order valence-corrected chi connectivity index (χ0v) is 14.7. The van der Waals surface area contributed by atoms with Crippen molar-refractivity contribution in [3.63, 3.8) is 0 Å². The number of rotatable bonds is 4. The van der Waals surface area contributed by atoms with Gasteiger partial charge in [-0.1, -0.05) is 6.07 Å². The molecular formula is C18H24N4O3. The number of carbonyl (C=O) groups excluding carboxylic acids is 3. The lowest BCUT2D eigenvalue weighted by Gasteiger charge is -2.33. The van der Waals surface area contributed by atoms with Gasteiger partial charge in [-0.3, -0.25) is 19.5 Å². The molecule has 2 fully saturated rings. The Morgan fingerprint density at radius 2 is 2.20 bits per heavy atom. The van der Waals surface area contributed by atoms with Crippen molar-refractivity contribution in [1.29, 1.82) is 0 Å². The summed E-state index contributed by atoms with van der Waals surface area (Å²) in [5.74, 6) is -0.145. The smallest absolute Gasteiger partial charge is 0.325 e. The summed E-state index contributed by atoms with van der Waals surface area (Å²) in [7, 11) is 0. The van der Waals surface area contributed by atoms with Gasteiger partial charge in [0.1, 0.15) is 12.1 Å². The van der Waals surface area contributed by atoms with Gasteiger partial charge in [0.2, 0.25) is 5.91 Å². The second kappa shape index (κ2) is 6.82. The summed E-state index contributed by atoms with van der Waals surface area (Å²) in [6, 6.07) is 3.47. The van der Waals surface area contributed by atoms with Crippen LogP contribution in [0.1, 0.15) is 32.3 Å². The quantitative estimate of drug-likeness (QED) is 0.832. The zero-order valence-electron chi connectivity index (χ0n) is 14.7. The summed E-state index contributed by atoms with van der Waals surface area (Å²) in [5, 5.41) is 2.60. The number of nitrogens with zero attached hydrogens (tertiary/aromatic N) is 3. The van der Waals surface area contributed by atoms with E-state index in [1.54, 1.807) is 24.9 Å². The van der Waals surface area contributed by atoms with Crippen LogP contribution >= 0.6 is 0 Å². The molecule has 3 rings (SSSR count). The molecule has 1 aromatic rings. The fourth-order valence-electron chi connectivity index (χ4n) is 3.51. The number of likely N-dealkylation sites (tertiary alicyclic amines) is 1. The van der Waals surface area contributed by atoms with Crippen molar-refractivity contribution >= 4 is 17.8 Å². The zero-order chi connectivity index (χ0) is 18.0. The van der Waals surface area contributed by atoms with Gasteiger partial charge in [-0.2, -0.15) is 0 Å². The number of pyridine rings is 1. The fourth-order valence-corrected chi connectivity index (χ4v) is 3.51. The van der Waals surface area contributed by atoms with Crippen LogP contribution in [0.3, 0.4) is 0 Å². The van der Waals surface area contributed by atoms with Gasteiger partial charge < -0.3 is 10.2 Å². The lowest BCUT2D eigenvalue weighted by molar-refractivity contribution is -0.139. The molecule has 1 unspecified atom stereocenters. The third-order valence-electron chi connectivity index (χ3n) is 4.86. The molecule has 2 saturated heterocycles. The molecule has 0 saturated carbocycles. The molecule has 134 valence electrons. The van der Waals surface area contributed by atoms with E-state index in [1.165, 1.54) is 0 Å². The summed E-state index contributed by atoms with van der Waals surface area (Å²) in [6.45, 7) is 4.43. The Labute approximate surface area is 147 Å². The molecule has 1 N–H and O–H groups in total. The molecule has 1 aromatic heterocycles. The predicted molar refractivity (Wildman–Crippen MR) is 91.6 cm³/mol. The molecule has 25 heavy (non-hydrogen) atoms. The van der Waals surface area contributed by atoms with Crippen LogP contribution in [-0.2, 0) is 16.0 Å². The third-order valence-corrected chi connectivity index (χ3v) is 4.86. The molecule has 3 heterocycles. The van der Waals surface area contributed by atoms with E-state index < -0.39 is 11.6 Å². The Kier molecular flexibility index (Phi) is 4.74. The van der Waals surface area contributed by atoms with Gasteiger partial charge in [0.15, 0.2) is 0 Å². The van der Waals surface area contributed by atoms with Crippen molar-refractivity contribution < 1.29 is 14.4 Å². The summed E-state index contributed by atoms with van der Waals surface area (Å²) >= 11 is 0. The molecule has 7 nitrogen and oxygen atoms in total. The van der Waals surface area contributed by atoms with Crippen molar-refractivity contribution in [2.45, 2.75) is 38.6 Å². The van der Waals surface area contributed by atoms with E-state index in [0.29, 0.717) is 19.0 Å². The highest BCUT2D eigenvalue weighted by atomic mass is 16.2. The Morgan fingerprint density at radius 3 is 2.84 bits per heavy atom. The fraction of sp³-hybridized carbons (Fsp3) is 0.556. The monoisotopic (exact) mass is 344 g/mol. The molecule has 0 aromatic carbocycles. The first kappa shape index (κ1) is 17.4. The Morgan fingerprint density at radius 1 is 1.40 bits per heavy atom. The van der Waals surface area contributed by atoms with Crippen LogP contribution in [-0.4, -0.2) is 57.8 Å². The number of aromatic nitrogens is 1. The number of hydrogen-bond acceptors (Lipinski definition) is 4. The summed E-state index contributed by atoms with van der Waals surface area (Å²) < 4.78 is 0. The highest BCUT2D eigenvalue weighted by molar-refractivity contribution is 6.08. The third kappa shape index (κ3) is 3.81. The minimum absolute atomic E-state index is 0.169. The highest BCUT2D eigenvalue weighted by Crippen LogP contribution is 2.22. The minimum atomic E-state index is -0.942. The SMILES string of the molecule is CC1(C)NC(=O)N(CC(=O)N2CCCC(Cc3cccnc3)C2)C1=O. The standard InChI is InChI=1S/C18H24N4O3/c1-18(2)16(24)22(17(25)20-18)12-15(23)21-8-4-6-14(11-21)9-13-5-3-7-19-10-13/h3,5,7,10,14H,4,6,8-9,11-12H2,1-2H3,(H,20,25). The van der Waals surface area contributed by atoms with E-state index in [2.05, 4.69) is 10.3 Å². The summed E-state index contributed by atoms with van der Waals surface area (Å²) in [6.07, 6.45) is 6.49. The normalized spacial score (nSPS) is 22.9. The first-order valence-electron chi connectivity index (χ1n) is 8.67. The topological polar surface area (TPSA) is 82.6 Å². The van der Waals surface area contributed by atoms with E-state index >= 15 is 0 Å². The van der Waals surface area contributed by atoms with Crippen molar-refractivity contribution in [2.24, 2.45) is 5.92 Å². The first-order chi connectivity index (χ1) is 11.9. The van der Waals surface area contributed by atoms with Crippen molar-refractivity contribution in [3.8, 4) is 0 Å². The van der Waals surface area contributed by atoms with Crippen molar-refractivity contribution in [1.82, 2.24) is 20.1 Å². The number of carbonyl (C=O) groups is 3. The van der Waals surface area contributed by atoms with E-state index in [9.17, 15) is 14.4 Å². The van der Waals surface area contributed by atoms with Crippen molar-refractivity contribution in [3.05, 3.63) is 30.1 Å². The van der Waals surface area contributed by atoms with Crippen LogP contribution in [0.25, 0.3) is 0 Å². The molecular weight excluding hydrogens is 320 g/mol. The lowest BCUT2D eigenvalue weighted by Crippen LogP contribution is -2.47. The molecule has 0 radical (unpaired) electrons. The first-order valence-corrected chi connectivity index (χ1v) is 8.67. The molecule has 0 bridgehead atoms. The molecule has 0 spiro atoms.